The van der Waals surface area contributed by atoms with Crippen LogP contribution in [0.3, 0.4) is 0 Å². The molecule has 88 valence electrons. The molecule has 1 unspecified atom stereocenters. The van der Waals surface area contributed by atoms with Gasteiger partial charge in [-0.1, -0.05) is 23.7 Å². The van der Waals surface area contributed by atoms with Gasteiger partial charge in [-0.05, 0) is 48.9 Å². The van der Waals surface area contributed by atoms with Crippen LogP contribution in [-0.4, -0.2) is 0 Å². The fourth-order valence-corrected chi connectivity index (χ4v) is 2.64. The van der Waals surface area contributed by atoms with Crippen molar-refractivity contribution in [1.82, 2.24) is 0 Å². The standard InChI is InChI=1S/C14H12ClFS/c1-10(11-2-4-12(15)5-3-11)17-14-8-6-13(16)7-9-14/h2-10H,1H3. The maximum absolute atomic E-state index is 12.8. The number of thioether (sulfide) groups is 1. The maximum atomic E-state index is 12.8. The third-order valence-corrected chi connectivity index (χ3v) is 3.89. The molecule has 0 saturated carbocycles. The molecule has 0 aliphatic carbocycles. The largest absolute Gasteiger partial charge is 0.207 e. The summed E-state index contributed by atoms with van der Waals surface area (Å²) in [6.45, 7) is 2.12. The highest BCUT2D eigenvalue weighted by Crippen LogP contribution is 2.34. The summed E-state index contributed by atoms with van der Waals surface area (Å²) in [7, 11) is 0. The van der Waals surface area contributed by atoms with Crippen LogP contribution in [0.25, 0.3) is 0 Å². The molecule has 0 N–H and O–H groups in total. The van der Waals surface area contributed by atoms with Crippen LogP contribution in [0, 0.1) is 5.82 Å². The van der Waals surface area contributed by atoms with Crippen molar-refractivity contribution in [3.05, 3.63) is 64.9 Å². The molecular weight excluding hydrogens is 255 g/mol. The summed E-state index contributed by atoms with van der Waals surface area (Å²) in [6, 6.07) is 14.4. The first kappa shape index (κ1) is 12.5. The summed E-state index contributed by atoms with van der Waals surface area (Å²) >= 11 is 7.55. The van der Waals surface area contributed by atoms with Gasteiger partial charge in [-0.3, -0.25) is 0 Å². The lowest BCUT2D eigenvalue weighted by Crippen LogP contribution is -1.87. The van der Waals surface area contributed by atoms with Gasteiger partial charge < -0.3 is 0 Å². The molecule has 0 spiro atoms. The summed E-state index contributed by atoms with van der Waals surface area (Å²) in [5.74, 6) is -0.200. The van der Waals surface area contributed by atoms with Crippen LogP contribution in [0.15, 0.2) is 53.4 Å². The Kier molecular flexibility index (Phi) is 4.08. The topological polar surface area (TPSA) is 0 Å². The Morgan fingerprint density at radius 2 is 1.59 bits per heavy atom. The number of benzene rings is 2. The average Bonchev–Trinajstić information content (AvgIpc) is 2.33. The van der Waals surface area contributed by atoms with E-state index in [2.05, 4.69) is 6.92 Å². The maximum Gasteiger partial charge on any atom is 0.123 e. The van der Waals surface area contributed by atoms with E-state index in [1.54, 1.807) is 23.9 Å². The Morgan fingerprint density at radius 1 is 1.00 bits per heavy atom. The molecule has 0 aliphatic heterocycles. The minimum Gasteiger partial charge on any atom is -0.207 e. The fourth-order valence-electron chi connectivity index (χ4n) is 1.52. The molecule has 0 nitrogen and oxygen atoms in total. The van der Waals surface area contributed by atoms with Gasteiger partial charge >= 0.3 is 0 Å². The predicted octanol–water partition coefficient (Wildman–Crippen LogP) is 5.33. The lowest BCUT2D eigenvalue weighted by molar-refractivity contribution is 0.626. The smallest absolute Gasteiger partial charge is 0.123 e. The number of hydrogen-bond donors (Lipinski definition) is 0. The Labute approximate surface area is 110 Å². The van der Waals surface area contributed by atoms with Crippen LogP contribution in [-0.2, 0) is 0 Å². The Bertz CT molecular complexity index is 479. The van der Waals surface area contributed by atoms with Crippen LogP contribution in [0.5, 0.6) is 0 Å². The van der Waals surface area contributed by atoms with Crippen LogP contribution in [0.1, 0.15) is 17.7 Å². The van der Waals surface area contributed by atoms with Crippen molar-refractivity contribution in [1.29, 1.82) is 0 Å². The van der Waals surface area contributed by atoms with Crippen molar-refractivity contribution in [2.45, 2.75) is 17.1 Å². The molecular formula is C14H12ClFS. The van der Waals surface area contributed by atoms with Crippen LogP contribution in [0.2, 0.25) is 5.02 Å². The molecule has 3 heteroatoms. The zero-order valence-electron chi connectivity index (χ0n) is 9.36. The first-order valence-electron chi connectivity index (χ1n) is 5.33. The molecule has 0 amide bonds. The monoisotopic (exact) mass is 266 g/mol. The lowest BCUT2D eigenvalue weighted by atomic mass is 10.2. The van der Waals surface area contributed by atoms with E-state index in [1.807, 2.05) is 24.3 Å². The zero-order chi connectivity index (χ0) is 12.3. The van der Waals surface area contributed by atoms with Crippen molar-refractivity contribution >= 4 is 23.4 Å². The van der Waals surface area contributed by atoms with Gasteiger partial charge in [-0.25, -0.2) is 4.39 Å². The normalized spacial score (nSPS) is 12.4. The van der Waals surface area contributed by atoms with Crippen LogP contribution >= 0.6 is 23.4 Å². The summed E-state index contributed by atoms with van der Waals surface area (Å²) in [6.07, 6.45) is 0. The van der Waals surface area contributed by atoms with E-state index in [0.29, 0.717) is 5.25 Å². The quantitative estimate of drug-likeness (QED) is 0.677. The highest BCUT2D eigenvalue weighted by molar-refractivity contribution is 7.99. The van der Waals surface area contributed by atoms with Gasteiger partial charge in [0, 0.05) is 15.2 Å². The minimum atomic E-state index is -0.200. The molecule has 17 heavy (non-hydrogen) atoms. The summed E-state index contributed by atoms with van der Waals surface area (Å²) in [5, 5.41) is 1.06. The van der Waals surface area contributed by atoms with E-state index in [9.17, 15) is 4.39 Å². The van der Waals surface area contributed by atoms with Crippen molar-refractivity contribution in [3.63, 3.8) is 0 Å². The van der Waals surface area contributed by atoms with Gasteiger partial charge in [0.2, 0.25) is 0 Å². The second kappa shape index (κ2) is 5.56. The highest BCUT2D eigenvalue weighted by atomic mass is 35.5. The molecule has 0 aromatic heterocycles. The summed E-state index contributed by atoms with van der Waals surface area (Å²) in [4.78, 5) is 1.06. The Balaban J connectivity index is 2.08. The van der Waals surface area contributed by atoms with E-state index in [1.165, 1.54) is 17.7 Å². The highest BCUT2D eigenvalue weighted by Gasteiger charge is 2.07. The minimum absolute atomic E-state index is 0.200. The van der Waals surface area contributed by atoms with E-state index >= 15 is 0 Å². The molecule has 2 aromatic rings. The van der Waals surface area contributed by atoms with Crippen LogP contribution < -0.4 is 0 Å². The number of hydrogen-bond acceptors (Lipinski definition) is 1. The lowest BCUT2D eigenvalue weighted by Gasteiger charge is -2.11. The van der Waals surface area contributed by atoms with E-state index in [4.69, 9.17) is 11.6 Å². The number of rotatable bonds is 3. The van der Waals surface area contributed by atoms with Crippen molar-refractivity contribution in [3.8, 4) is 0 Å². The van der Waals surface area contributed by atoms with Gasteiger partial charge in [0.25, 0.3) is 0 Å². The fraction of sp³-hybridized carbons (Fsp3) is 0.143. The van der Waals surface area contributed by atoms with Gasteiger partial charge in [0.15, 0.2) is 0 Å². The van der Waals surface area contributed by atoms with Crippen molar-refractivity contribution in [2.75, 3.05) is 0 Å². The molecule has 0 bridgehead atoms. The van der Waals surface area contributed by atoms with E-state index in [0.717, 1.165) is 9.92 Å². The molecule has 0 saturated heterocycles. The third-order valence-electron chi connectivity index (χ3n) is 2.47. The predicted molar refractivity (Wildman–Crippen MR) is 72.1 cm³/mol. The average molecular weight is 267 g/mol. The molecule has 0 heterocycles. The molecule has 0 aliphatic rings. The van der Waals surface area contributed by atoms with Gasteiger partial charge in [-0.2, -0.15) is 0 Å². The van der Waals surface area contributed by atoms with E-state index in [-0.39, 0.29) is 5.82 Å². The molecule has 2 aromatic carbocycles. The molecule has 1 atom stereocenters. The Hall–Kier alpha value is -0.990. The van der Waals surface area contributed by atoms with Gasteiger partial charge in [-0.15, -0.1) is 11.8 Å². The first-order chi connectivity index (χ1) is 8.15. The summed E-state index contributed by atoms with van der Waals surface area (Å²) < 4.78 is 12.8. The van der Waals surface area contributed by atoms with Crippen LogP contribution in [0.4, 0.5) is 4.39 Å². The van der Waals surface area contributed by atoms with Gasteiger partial charge in [0.05, 0.1) is 0 Å². The van der Waals surface area contributed by atoms with Gasteiger partial charge in [0.1, 0.15) is 5.82 Å². The van der Waals surface area contributed by atoms with E-state index < -0.39 is 0 Å². The summed E-state index contributed by atoms with van der Waals surface area (Å²) in [5.41, 5.74) is 1.21. The molecule has 0 radical (unpaired) electrons. The SMILES string of the molecule is CC(Sc1ccc(F)cc1)c1ccc(Cl)cc1. The van der Waals surface area contributed by atoms with Crippen molar-refractivity contribution < 1.29 is 4.39 Å². The number of halogens is 2. The molecule has 0 fully saturated rings. The third kappa shape index (κ3) is 3.48. The van der Waals surface area contributed by atoms with Crippen molar-refractivity contribution in [2.24, 2.45) is 0 Å². The second-order valence-electron chi connectivity index (χ2n) is 3.77. The second-order valence-corrected chi connectivity index (χ2v) is 5.62. The molecule has 2 rings (SSSR count). The first-order valence-corrected chi connectivity index (χ1v) is 6.58. The zero-order valence-corrected chi connectivity index (χ0v) is 10.9. The Morgan fingerprint density at radius 3 is 2.18 bits per heavy atom.